The lowest BCUT2D eigenvalue weighted by Gasteiger charge is -2.11. The Hall–Kier alpha value is -2.37. The van der Waals surface area contributed by atoms with Crippen molar-refractivity contribution in [1.82, 2.24) is 9.97 Å². The van der Waals surface area contributed by atoms with Gasteiger partial charge in [0.1, 0.15) is 11.6 Å². The van der Waals surface area contributed by atoms with Crippen LogP contribution in [-0.2, 0) is 6.54 Å². The molecule has 0 saturated carbocycles. The zero-order valence-electron chi connectivity index (χ0n) is 12.4. The van der Waals surface area contributed by atoms with Crippen molar-refractivity contribution in [1.29, 1.82) is 0 Å². The standard InChI is InChI=1S/C17H13Cl2FN4/c18-12-5-3-6-13(19)16(12)24-17-21-9-8-15(23-17)22-10-11-4-1-2-7-14(11)20/h1-9H,10H2,(H2,21,22,23,24). The summed E-state index contributed by atoms with van der Waals surface area (Å²) in [6.45, 7) is 0.315. The fraction of sp³-hybridized carbons (Fsp3) is 0.0588. The predicted molar refractivity (Wildman–Crippen MR) is 95.5 cm³/mol. The summed E-state index contributed by atoms with van der Waals surface area (Å²) >= 11 is 12.2. The van der Waals surface area contributed by atoms with Crippen molar-refractivity contribution in [2.45, 2.75) is 6.54 Å². The molecule has 0 saturated heterocycles. The fourth-order valence-corrected chi connectivity index (χ4v) is 2.57. The van der Waals surface area contributed by atoms with Crippen LogP contribution in [-0.4, -0.2) is 9.97 Å². The van der Waals surface area contributed by atoms with E-state index in [2.05, 4.69) is 20.6 Å². The first-order valence-corrected chi connectivity index (χ1v) is 7.90. The molecular formula is C17H13Cl2FN4. The highest BCUT2D eigenvalue weighted by Crippen LogP contribution is 2.31. The second-order valence-corrected chi connectivity index (χ2v) is 5.75. The largest absolute Gasteiger partial charge is 0.366 e. The molecule has 0 radical (unpaired) electrons. The Morgan fingerprint density at radius 3 is 2.46 bits per heavy atom. The van der Waals surface area contributed by atoms with Crippen LogP contribution in [0.2, 0.25) is 10.0 Å². The van der Waals surface area contributed by atoms with Gasteiger partial charge in [0.05, 0.1) is 15.7 Å². The first kappa shape index (κ1) is 16.5. The number of benzene rings is 2. The number of hydrogen-bond acceptors (Lipinski definition) is 4. The zero-order chi connectivity index (χ0) is 16.9. The molecule has 1 heterocycles. The monoisotopic (exact) mass is 362 g/mol. The number of hydrogen-bond donors (Lipinski definition) is 2. The molecule has 0 spiro atoms. The fourth-order valence-electron chi connectivity index (χ4n) is 2.07. The molecule has 4 nitrogen and oxygen atoms in total. The maximum atomic E-state index is 13.6. The van der Waals surface area contributed by atoms with Crippen molar-refractivity contribution < 1.29 is 4.39 Å². The Labute approximate surface area is 148 Å². The maximum Gasteiger partial charge on any atom is 0.229 e. The van der Waals surface area contributed by atoms with Crippen molar-refractivity contribution >= 4 is 40.7 Å². The van der Waals surface area contributed by atoms with Gasteiger partial charge in [-0.2, -0.15) is 4.98 Å². The van der Waals surface area contributed by atoms with Crippen LogP contribution in [0.3, 0.4) is 0 Å². The third kappa shape index (κ3) is 3.93. The second kappa shape index (κ2) is 7.47. The van der Waals surface area contributed by atoms with Crippen LogP contribution in [0.5, 0.6) is 0 Å². The molecule has 0 atom stereocenters. The van der Waals surface area contributed by atoms with E-state index < -0.39 is 0 Å². The normalized spacial score (nSPS) is 10.5. The third-order valence-corrected chi connectivity index (χ3v) is 3.90. The van der Waals surface area contributed by atoms with E-state index in [-0.39, 0.29) is 5.82 Å². The average molecular weight is 363 g/mol. The first-order valence-electron chi connectivity index (χ1n) is 7.15. The number of anilines is 3. The molecule has 3 rings (SSSR count). The molecule has 122 valence electrons. The van der Waals surface area contributed by atoms with Gasteiger partial charge in [0.25, 0.3) is 0 Å². The number of halogens is 3. The minimum atomic E-state index is -0.264. The van der Waals surface area contributed by atoms with Gasteiger partial charge in [-0.3, -0.25) is 0 Å². The number of nitrogens with zero attached hydrogens (tertiary/aromatic N) is 2. The predicted octanol–water partition coefficient (Wildman–Crippen LogP) is 5.28. The molecule has 0 bridgehead atoms. The molecule has 2 aromatic carbocycles. The highest BCUT2D eigenvalue weighted by atomic mass is 35.5. The first-order chi connectivity index (χ1) is 11.6. The van der Waals surface area contributed by atoms with E-state index in [1.54, 1.807) is 48.7 Å². The van der Waals surface area contributed by atoms with Gasteiger partial charge in [-0.15, -0.1) is 0 Å². The molecule has 2 N–H and O–H groups in total. The van der Waals surface area contributed by atoms with Gasteiger partial charge in [0.2, 0.25) is 5.95 Å². The van der Waals surface area contributed by atoms with E-state index in [0.29, 0.717) is 39.6 Å². The van der Waals surface area contributed by atoms with E-state index in [4.69, 9.17) is 23.2 Å². The van der Waals surface area contributed by atoms with E-state index in [1.807, 2.05) is 0 Å². The Bertz CT molecular complexity index is 837. The lowest BCUT2D eigenvalue weighted by molar-refractivity contribution is 0.613. The van der Waals surface area contributed by atoms with Gasteiger partial charge < -0.3 is 10.6 Å². The third-order valence-electron chi connectivity index (χ3n) is 3.27. The number of aromatic nitrogens is 2. The van der Waals surface area contributed by atoms with Crippen LogP contribution in [0.15, 0.2) is 54.7 Å². The molecule has 1 aromatic heterocycles. The minimum absolute atomic E-state index is 0.264. The summed E-state index contributed by atoms with van der Waals surface area (Å²) in [6.07, 6.45) is 1.59. The molecule has 7 heteroatoms. The zero-order valence-corrected chi connectivity index (χ0v) is 13.9. The average Bonchev–Trinajstić information content (AvgIpc) is 2.58. The van der Waals surface area contributed by atoms with Crippen LogP contribution in [0, 0.1) is 5.82 Å². The van der Waals surface area contributed by atoms with Gasteiger partial charge in [-0.1, -0.05) is 47.5 Å². The quantitative estimate of drug-likeness (QED) is 0.648. The summed E-state index contributed by atoms with van der Waals surface area (Å²) in [6, 6.07) is 13.5. The van der Waals surface area contributed by atoms with Crippen LogP contribution in [0.25, 0.3) is 0 Å². The van der Waals surface area contributed by atoms with Crippen molar-refractivity contribution in [2.24, 2.45) is 0 Å². The molecule has 0 fully saturated rings. The number of nitrogens with one attached hydrogen (secondary N) is 2. The molecule has 0 aliphatic rings. The summed E-state index contributed by atoms with van der Waals surface area (Å²) < 4.78 is 13.6. The Balaban J connectivity index is 1.74. The molecule has 0 amide bonds. The van der Waals surface area contributed by atoms with E-state index in [1.165, 1.54) is 6.07 Å². The Kier molecular flexibility index (Phi) is 5.13. The van der Waals surface area contributed by atoms with E-state index >= 15 is 0 Å². The molecule has 0 aliphatic heterocycles. The van der Waals surface area contributed by atoms with Crippen molar-refractivity contribution in [3.8, 4) is 0 Å². The molecule has 24 heavy (non-hydrogen) atoms. The molecule has 0 aliphatic carbocycles. The van der Waals surface area contributed by atoms with Gasteiger partial charge in [0.15, 0.2) is 0 Å². The van der Waals surface area contributed by atoms with Gasteiger partial charge in [0, 0.05) is 18.3 Å². The SMILES string of the molecule is Fc1ccccc1CNc1ccnc(Nc2c(Cl)cccc2Cl)n1. The number of rotatable bonds is 5. The molecule has 0 unspecified atom stereocenters. The highest BCUT2D eigenvalue weighted by molar-refractivity contribution is 6.39. The summed E-state index contributed by atoms with van der Waals surface area (Å²) in [5.41, 5.74) is 1.09. The molecular weight excluding hydrogens is 350 g/mol. The molecule has 3 aromatic rings. The van der Waals surface area contributed by atoms with Crippen molar-refractivity contribution in [2.75, 3.05) is 10.6 Å². The smallest absolute Gasteiger partial charge is 0.229 e. The minimum Gasteiger partial charge on any atom is -0.366 e. The maximum absolute atomic E-state index is 13.6. The summed E-state index contributed by atoms with van der Waals surface area (Å²) in [5, 5.41) is 6.99. The van der Waals surface area contributed by atoms with Crippen LogP contribution in [0.1, 0.15) is 5.56 Å². The van der Waals surface area contributed by atoms with Crippen LogP contribution >= 0.6 is 23.2 Å². The van der Waals surface area contributed by atoms with E-state index in [0.717, 1.165) is 0 Å². The van der Waals surface area contributed by atoms with Crippen LogP contribution < -0.4 is 10.6 Å². The summed E-state index contributed by atoms with van der Waals surface area (Å²) in [5.74, 6) is 0.628. The van der Waals surface area contributed by atoms with E-state index in [9.17, 15) is 4.39 Å². The van der Waals surface area contributed by atoms with Crippen LogP contribution in [0.4, 0.5) is 21.8 Å². The van der Waals surface area contributed by atoms with Crippen molar-refractivity contribution in [3.63, 3.8) is 0 Å². The number of para-hydroxylation sites is 1. The van der Waals surface area contributed by atoms with Gasteiger partial charge >= 0.3 is 0 Å². The Morgan fingerprint density at radius 1 is 0.958 bits per heavy atom. The highest BCUT2D eigenvalue weighted by Gasteiger charge is 2.08. The topological polar surface area (TPSA) is 49.8 Å². The van der Waals surface area contributed by atoms with Crippen molar-refractivity contribution in [3.05, 3.63) is 76.2 Å². The summed E-state index contributed by atoms with van der Waals surface area (Å²) in [7, 11) is 0. The lowest BCUT2D eigenvalue weighted by Crippen LogP contribution is -2.05. The summed E-state index contributed by atoms with van der Waals surface area (Å²) in [4.78, 5) is 8.46. The van der Waals surface area contributed by atoms with Gasteiger partial charge in [-0.25, -0.2) is 9.37 Å². The van der Waals surface area contributed by atoms with Gasteiger partial charge in [-0.05, 0) is 24.3 Å². The Morgan fingerprint density at radius 2 is 1.71 bits per heavy atom. The lowest BCUT2D eigenvalue weighted by atomic mass is 10.2. The second-order valence-electron chi connectivity index (χ2n) is 4.93.